The average molecular weight is 280 g/mol. The van der Waals surface area contributed by atoms with Crippen LogP contribution in [0.1, 0.15) is 24.9 Å². The molecule has 1 heterocycles. The van der Waals surface area contributed by atoms with Gasteiger partial charge in [0, 0.05) is 24.8 Å². The normalized spacial score (nSPS) is 24.2. The fourth-order valence-electron chi connectivity index (χ4n) is 2.91. The van der Waals surface area contributed by atoms with Crippen LogP contribution < -0.4 is 20.7 Å². The molecular formula is C15H24N2O3. The lowest BCUT2D eigenvalue weighted by Crippen LogP contribution is -2.40. The minimum Gasteiger partial charge on any atom is -0.497 e. The average Bonchev–Trinajstić information content (AvgIpc) is 2.50. The molecule has 0 spiro atoms. The first-order valence-electron chi connectivity index (χ1n) is 6.97. The molecule has 1 aliphatic heterocycles. The molecule has 112 valence electrons. The Morgan fingerprint density at radius 3 is 2.75 bits per heavy atom. The van der Waals surface area contributed by atoms with Crippen LogP contribution in [-0.2, 0) is 4.74 Å². The summed E-state index contributed by atoms with van der Waals surface area (Å²) in [5, 5.41) is 0. The van der Waals surface area contributed by atoms with E-state index >= 15 is 0 Å². The Morgan fingerprint density at radius 1 is 1.35 bits per heavy atom. The Bertz CT molecular complexity index is 439. The van der Waals surface area contributed by atoms with Crippen LogP contribution in [0.3, 0.4) is 0 Å². The molecule has 5 nitrogen and oxygen atoms in total. The Labute approximate surface area is 120 Å². The van der Waals surface area contributed by atoms with Crippen LogP contribution in [0.4, 0.5) is 0 Å². The molecule has 1 saturated heterocycles. The van der Waals surface area contributed by atoms with Crippen molar-refractivity contribution in [2.24, 2.45) is 17.7 Å². The predicted octanol–water partition coefficient (Wildman–Crippen LogP) is 1.88. The van der Waals surface area contributed by atoms with Crippen molar-refractivity contribution >= 4 is 0 Å². The standard InChI is InChI=1S/C15H24N2O3/c1-10-9-20-7-6-12(10)15(17-16)13-5-4-11(18-2)8-14(13)19-3/h4-5,8,10,12,15,17H,6-7,9,16H2,1-3H3. The first-order chi connectivity index (χ1) is 9.71. The molecular weight excluding hydrogens is 256 g/mol. The molecule has 0 aliphatic carbocycles. The zero-order chi connectivity index (χ0) is 14.5. The number of hydrogen-bond acceptors (Lipinski definition) is 5. The fraction of sp³-hybridized carbons (Fsp3) is 0.600. The molecule has 20 heavy (non-hydrogen) atoms. The minimum atomic E-state index is 0.0507. The quantitative estimate of drug-likeness (QED) is 0.637. The van der Waals surface area contributed by atoms with E-state index in [2.05, 4.69) is 12.3 Å². The van der Waals surface area contributed by atoms with E-state index < -0.39 is 0 Å². The third kappa shape index (κ3) is 3.06. The van der Waals surface area contributed by atoms with E-state index in [1.807, 2.05) is 18.2 Å². The lowest BCUT2D eigenvalue weighted by molar-refractivity contribution is 0.0103. The summed E-state index contributed by atoms with van der Waals surface area (Å²) >= 11 is 0. The molecule has 1 aromatic carbocycles. The highest BCUT2D eigenvalue weighted by atomic mass is 16.5. The third-order valence-corrected chi connectivity index (χ3v) is 4.09. The number of ether oxygens (including phenoxy) is 3. The predicted molar refractivity (Wildman–Crippen MR) is 77.7 cm³/mol. The van der Waals surface area contributed by atoms with Gasteiger partial charge in [-0.3, -0.25) is 11.3 Å². The van der Waals surface area contributed by atoms with Gasteiger partial charge in [0.25, 0.3) is 0 Å². The second-order valence-electron chi connectivity index (χ2n) is 5.26. The first-order valence-corrected chi connectivity index (χ1v) is 6.97. The largest absolute Gasteiger partial charge is 0.497 e. The van der Waals surface area contributed by atoms with Crippen molar-refractivity contribution in [3.8, 4) is 11.5 Å². The van der Waals surface area contributed by atoms with Crippen LogP contribution in [0.15, 0.2) is 18.2 Å². The third-order valence-electron chi connectivity index (χ3n) is 4.09. The van der Waals surface area contributed by atoms with E-state index in [1.165, 1.54) is 0 Å². The Morgan fingerprint density at radius 2 is 2.15 bits per heavy atom. The number of methoxy groups -OCH3 is 2. The fourth-order valence-corrected chi connectivity index (χ4v) is 2.91. The molecule has 0 amide bonds. The van der Waals surface area contributed by atoms with Crippen LogP contribution in [0, 0.1) is 11.8 Å². The van der Waals surface area contributed by atoms with Crippen molar-refractivity contribution in [1.29, 1.82) is 0 Å². The summed E-state index contributed by atoms with van der Waals surface area (Å²) in [5.74, 6) is 8.27. The summed E-state index contributed by atoms with van der Waals surface area (Å²) in [7, 11) is 3.31. The highest BCUT2D eigenvalue weighted by Gasteiger charge is 2.31. The molecule has 0 aromatic heterocycles. The van der Waals surface area contributed by atoms with Crippen molar-refractivity contribution < 1.29 is 14.2 Å². The molecule has 3 N–H and O–H groups in total. The van der Waals surface area contributed by atoms with Gasteiger partial charge >= 0.3 is 0 Å². The van der Waals surface area contributed by atoms with Gasteiger partial charge in [-0.1, -0.05) is 13.0 Å². The first kappa shape index (κ1) is 15.1. The van der Waals surface area contributed by atoms with Crippen LogP contribution in [0.2, 0.25) is 0 Å². The summed E-state index contributed by atoms with van der Waals surface area (Å²) in [6.45, 7) is 3.76. The van der Waals surface area contributed by atoms with Crippen molar-refractivity contribution in [3.63, 3.8) is 0 Å². The van der Waals surface area contributed by atoms with Gasteiger partial charge < -0.3 is 14.2 Å². The maximum absolute atomic E-state index is 5.81. The number of nitrogens with one attached hydrogen (secondary N) is 1. The molecule has 0 radical (unpaired) electrons. The van der Waals surface area contributed by atoms with E-state index in [4.69, 9.17) is 20.1 Å². The number of rotatable bonds is 5. The number of nitrogens with two attached hydrogens (primary N) is 1. The van der Waals surface area contributed by atoms with Crippen molar-refractivity contribution in [1.82, 2.24) is 5.43 Å². The van der Waals surface area contributed by atoms with Crippen LogP contribution in [0.25, 0.3) is 0 Å². The van der Waals surface area contributed by atoms with Crippen molar-refractivity contribution in [2.45, 2.75) is 19.4 Å². The highest BCUT2D eigenvalue weighted by Crippen LogP contribution is 2.38. The maximum Gasteiger partial charge on any atom is 0.127 e. The van der Waals surface area contributed by atoms with E-state index in [1.54, 1.807) is 14.2 Å². The minimum absolute atomic E-state index is 0.0507. The molecule has 1 fully saturated rings. The second kappa shape index (κ2) is 6.92. The molecule has 3 unspecified atom stereocenters. The molecule has 2 rings (SSSR count). The second-order valence-corrected chi connectivity index (χ2v) is 5.26. The zero-order valence-corrected chi connectivity index (χ0v) is 12.4. The van der Waals surface area contributed by atoms with Gasteiger partial charge in [-0.2, -0.15) is 0 Å². The van der Waals surface area contributed by atoms with Gasteiger partial charge in [0.15, 0.2) is 0 Å². The summed E-state index contributed by atoms with van der Waals surface area (Å²) in [4.78, 5) is 0. The van der Waals surface area contributed by atoms with Crippen molar-refractivity contribution in [2.75, 3.05) is 27.4 Å². The van der Waals surface area contributed by atoms with Gasteiger partial charge in [-0.25, -0.2) is 0 Å². The summed E-state index contributed by atoms with van der Waals surface area (Å²) in [5.41, 5.74) is 4.02. The van der Waals surface area contributed by atoms with E-state index in [0.29, 0.717) is 11.8 Å². The molecule has 1 aliphatic rings. The zero-order valence-electron chi connectivity index (χ0n) is 12.4. The van der Waals surface area contributed by atoms with E-state index in [-0.39, 0.29) is 6.04 Å². The van der Waals surface area contributed by atoms with Gasteiger partial charge in [0.2, 0.25) is 0 Å². The van der Waals surface area contributed by atoms with Crippen LogP contribution >= 0.6 is 0 Å². The Kier molecular flexibility index (Phi) is 5.23. The smallest absolute Gasteiger partial charge is 0.127 e. The number of hydrazine groups is 1. The SMILES string of the molecule is COc1ccc(C(NN)C2CCOCC2C)c(OC)c1. The molecule has 0 saturated carbocycles. The highest BCUT2D eigenvalue weighted by molar-refractivity contribution is 5.42. The molecule has 5 heteroatoms. The summed E-state index contributed by atoms with van der Waals surface area (Å²) in [6, 6.07) is 5.90. The number of hydrogen-bond donors (Lipinski definition) is 2. The lowest BCUT2D eigenvalue weighted by atomic mass is 9.80. The lowest BCUT2D eigenvalue weighted by Gasteiger charge is -2.35. The van der Waals surface area contributed by atoms with E-state index in [9.17, 15) is 0 Å². The molecule has 0 bridgehead atoms. The van der Waals surface area contributed by atoms with E-state index in [0.717, 1.165) is 36.7 Å². The topological polar surface area (TPSA) is 65.7 Å². The maximum atomic E-state index is 5.81. The monoisotopic (exact) mass is 280 g/mol. The van der Waals surface area contributed by atoms with Crippen molar-refractivity contribution in [3.05, 3.63) is 23.8 Å². The summed E-state index contributed by atoms with van der Waals surface area (Å²) in [6.07, 6.45) is 0.991. The van der Waals surface area contributed by atoms with Gasteiger partial charge in [-0.05, 0) is 24.3 Å². The Balaban J connectivity index is 2.30. The van der Waals surface area contributed by atoms with Gasteiger partial charge in [-0.15, -0.1) is 0 Å². The van der Waals surface area contributed by atoms with Gasteiger partial charge in [0.05, 0.1) is 20.3 Å². The van der Waals surface area contributed by atoms with Crippen LogP contribution in [0.5, 0.6) is 11.5 Å². The van der Waals surface area contributed by atoms with Crippen LogP contribution in [-0.4, -0.2) is 27.4 Å². The van der Waals surface area contributed by atoms with Gasteiger partial charge in [0.1, 0.15) is 11.5 Å². The molecule has 1 aromatic rings. The summed E-state index contributed by atoms with van der Waals surface area (Å²) < 4.78 is 16.2. The number of benzene rings is 1. The molecule has 3 atom stereocenters. The Hall–Kier alpha value is -1.30.